The van der Waals surface area contributed by atoms with E-state index in [9.17, 15) is 23.1 Å². The van der Waals surface area contributed by atoms with Gasteiger partial charge in [0.15, 0.2) is 0 Å². The first-order chi connectivity index (χ1) is 14.8. The van der Waals surface area contributed by atoms with Gasteiger partial charge in [-0.25, -0.2) is 0 Å². The molecule has 3 aromatic rings. The van der Waals surface area contributed by atoms with Crippen molar-refractivity contribution in [2.24, 2.45) is 5.92 Å². The Morgan fingerprint density at radius 2 is 1.03 bits per heavy atom. The van der Waals surface area contributed by atoms with Crippen LogP contribution >= 0.6 is 35.3 Å². The fourth-order valence-corrected chi connectivity index (χ4v) is 8.03. The van der Waals surface area contributed by atoms with Crippen LogP contribution in [-0.4, -0.2) is 20.7 Å². The topological polar surface area (TPSA) is 37.3 Å². The monoisotopic (exact) mass is 480 g/mol. The molecule has 8 heteroatoms. The Balaban J connectivity index is 2.17. The number of halogens is 3. The lowest BCUT2D eigenvalue weighted by Gasteiger charge is -2.39. The third-order valence-corrected chi connectivity index (χ3v) is 8.94. The van der Waals surface area contributed by atoms with E-state index in [2.05, 4.69) is 0 Å². The number of carbonyl (C=O) groups is 1. The van der Waals surface area contributed by atoms with Gasteiger partial charge in [-0.3, -0.25) is 4.79 Å². The zero-order chi connectivity index (χ0) is 22.3. The van der Waals surface area contributed by atoms with Crippen LogP contribution < -0.4 is 0 Å². The molecule has 0 aromatic heterocycles. The third kappa shape index (κ3) is 6.72. The van der Waals surface area contributed by atoms with Crippen LogP contribution in [0.25, 0.3) is 0 Å². The Labute approximate surface area is 191 Å². The fraction of sp³-hybridized carbons (Fsp3) is 0.174. The maximum Gasteiger partial charge on any atom is 0.395 e. The van der Waals surface area contributed by atoms with Gasteiger partial charge < -0.3 is 5.11 Å². The number of carboxylic acids is 1. The molecule has 3 aromatic carbocycles. The van der Waals surface area contributed by atoms with Gasteiger partial charge in [0.05, 0.1) is 12.3 Å². The molecular formula is C23H19F3O2S3. The van der Waals surface area contributed by atoms with Crippen LogP contribution in [0.15, 0.2) is 106 Å². The normalized spacial score (nSPS) is 13.0. The Hall–Kier alpha value is -2.03. The SMILES string of the molecule is O=C(O)CC(C(F)(F)F)C(Sc1ccccc1)(Sc1ccccc1)Sc1ccccc1. The molecule has 0 aliphatic heterocycles. The highest BCUT2D eigenvalue weighted by Gasteiger charge is 2.56. The van der Waals surface area contributed by atoms with Crippen LogP contribution in [-0.2, 0) is 4.79 Å². The Bertz CT molecular complexity index is 866. The van der Waals surface area contributed by atoms with E-state index in [1.165, 1.54) is 0 Å². The number of aliphatic carboxylic acids is 1. The van der Waals surface area contributed by atoms with Gasteiger partial charge in [-0.1, -0.05) is 89.9 Å². The van der Waals surface area contributed by atoms with E-state index in [0.29, 0.717) is 14.7 Å². The summed E-state index contributed by atoms with van der Waals surface area (Å²) < 4.78 is 41.5. The minimum absolute atomic E-state index is 0.633. The minimum atomic E-state index is -4.72. The van der Waals surface area contributed by atoms with Crippen LogP contribution in [0.1, 0.15) is 6.42 Å². The van der Waals surface area contributed by atoms with E-state index in [0.717, 1.165) is 35.3 Å². The molecule has 31 heavy (non-hydrogen) atoms. The van der Waals surface area contributed by atoms with E-state index in [1.54, 1.807) is 91.0 Å². The van der Waals surface area contributed by atoms with Crippen molar-refractivity contribution in [2.45, 2.75) is 30.7 Å². The number of hydrogen-bond acceptors (Lipinski definition) is 4. The standard InChI is InChI=1S/C23H19F3O2S3/c24-22(25,26)20(16-21(27)28)23(29-17-10-4-1-5-11-17,30-18-12-6-2-7-13-18)31-19-14-8-3-9-15-19/h1-15,20H,16H2,(H,27,28). The lowest BCUT2D eigenvalue weighted by molar-refractivity contribution is -0.180. The highest BCUT2D eigenvalue weighted by molar-refractivity contribution is 8.33. The first kappa shape index (κ1) is 23.6. The minimum Gasteiger partial charge on any atom is -0.481 e. The fourth-order valence-electron chi connectivity index (χ4n) is 2.85. The van der Waals surface area contributed by atoms with E-state index < -0.39 is 27.9 Å². The van der Waals surface area contributed by atoms with Crippen LogP contribution in [0, 0.1) is 5.92 Å². The zero-order valence-electron chi connectivity index (χ0n) is 16.2. The van der Waals surface area contributed by atoms with Crippen LogP contribution in [0.5, 0.6) is 0 Å². The van der Waals surface area contributed by atoms with Gasteiger partial charge >= 0.3 is 12.1 Å². The van der Waals surface area contributed by atoms with Gasteiger partial charge in [0, 0.05) is 14.7 Å². The molecule has 162 valence electrons. The number of carboxylic acid groups (broad SMARTS) is 1. The van der Waals surface area contributed by atoms with Crippen LogP contribution in [0.2, 0.25) is 0 Å². The van der Waals surface area contributed by atoms with E-state index in [-0.39, 0.29) is 0 Å². The van der Waals surface area contributed by atoms with E-state index in [1.807, 2.05) is 0 Å². The smallest absolute Gasteiger partial charge is 0.395 e. The molecule has 0 saturated heterocycles. The molecule has 0 bridgehead atoms. The average Bonchev–Trinajstić information content (AvgIpc) is 2.73. The Morgan fingerprint density at radius 1 is 0.710 bits per heavy atom. The summed E-state index contributed by atoms with van der Waals surface area (Å²) in [7, 11) is 0. The molecule has 3 rings (SSSR count). The molecular weight excluding hydrogens is 461 g/mol. The zero-order valence-corrected chi connectivity index (χ0v) is 18.6. The second kappa shape index (κ2) is 10.5. The van der Waals surface area contributed by atoms with Crippen molar-refractivity contribution < 1.29 is 23.1 Å². The summed E-state index contributed by atoms with van der Waals surface area (Å²) in [5.41, 5.74) is 0. The first-order valence-electron chi connectivity index (χ1n) is 9.29. The van der Waals surface area contributed by atoms with Crippen molar-refractivity contribution >= 4 is 41.3 Å². The summed E-state index contributed by atoms with van der Waals surface area (Å²) in [6, 6.07) is 26.4. The molecule has 2 nitrogen and oxygen atoms in total. The summed E-state index contributed by atoms with van der Waals surface area (Å²) in [6.45, 7) is 0. The molecule has 0 amide bonds. The van der Waals surface area contributed by atoms with Gasteiger partial charge in [0.2, 0.25) is 0 Å². The predicted octanol–water partition coefficient (Wildman–Crippen LogP) is 7.67. The molecule has 0 radical (unpaired) electrons. The lowest BCUT2D eigenvalue weighted by Crippen LogP contribution is -2.40. The molecule has 0 spiro atoms. The van der Waals surface area contributed by atoms with Gasteiger partial charge in [0.25, 0.3) is 0 Å². The average molecular weight is 481 g/mol. The van der Waals surface area contributed by atoms with Gasteiger partial charge in [-0.15, -0.1) is 0 Å². The number of thioether (sulfide) groups is 3. The highest BCUT2D eigenvalue weighted by Crippen LogP contribution is 2.63. The van der Waals surface area contributed by atoms with Crippen LogP contribution in [0.4, 0.5) is 13.2 Å². The molecule has 0 fully saturated rings. The Morgan fingerprint density at radius 3 is 1.29 bits per heavy atom. The summed E-state index contributed by atoms with van der Waals surface area (Å²) in [5, 5.41) is 9.38. The van der Waals surface area contributed by atoms with Crippen molar-refractivity contribution in [3.63, 3.8) is 0 Å². The maximum absolute atomic E-state index is 14.4. The predicted molar refractivity (Wildman–Crippen MR) is 121 cm³/mol. The van der Waals surface area contributed by atoms with Crippen LogP contribution in [0.3, 0.4) is 0 Å². The van der Waals surface area contributed by atoms with Gasteiger partial charge in [-0.05, 0) is 36.4 Å². The largest absolute Gasteiger partial charge is 0.481 e. The van der Waals surface area contributed by atoms with Crippen molar-refractivity contribution in [1.29, 1.82) is 0 Å². The number of hydrogen-bond donors (Lipinski definition) is 1. The second-order valence-electron chi connectivity index (χ2n) is 6.54. The molecule has 0 saturated carbocycles. The molecule has 1 atom stereocenters. The van der Waals surface area contributed by atoms with Gasteiger partial charge in [0.1, 0.15) is 3.41 Å². The van der Waals surface area contributed by atoms with E-state index >= 15 is 0 Å². The van der Waals surface area contributed by atoms with Crippen molar-refractivity contribution in [3.05, 3.63) is 91.0 Å². The van der Waals surface area contributed by atoms with Crippen molar-refractivity contribution in [1.82, 2.24) is 0 Å². The Kier molecular flexibility index (Phi) is 8.02. The summed E-state index contributed by atoms with van der Waals surface area (Å²) in [6.07, 6.45) is -5.74. The molecule has 0 aliphatic carbocycles. The number of alkyl halides is 3. The number of rotatable bonds is 9. The summed E-state index contributed by atoms with van der Waals surface area (Å²) >= 11 is 3.14. The second-order valence-corrected chi connectivity index (χ2v) is 11.3. The van der Waals surface area contributed by atoms with Crippen molar-refractivity contribution in [2.75, 3.05) is 0 Å². The quantitative estimate of drug-likeness (QED) is 0.251. The first-order valence-corrected chi connectivity index (χ1v) is 11.7. The highest BCUT2D eigenvalue weighted by atomic mass is 32.3. The lowest BCUT2D eigenvalue weighted by atomic mass is 10.1. The van der Waals surface area contributed by atoms with Gasteiger partial charge in [-0.2, -0.15) is 13.2 Å². The summed E-state index contributed by atoms with van der Waals surface area (Å²) in [4.78, 5) is 13.4. The number of benzene rings is 3. The molecule has 0 aliphatic rings. The van der Waals surface area contributed by atoms with E-state index in [4.69, 9.17) is 0 Å². The molecule has 0 heterocycles. The summed E-state index contributed by atoms with van der Waals surface area (Å²) in [5.74, 6) is -3.60. The van der Waals surface area contributed by atoms with Crippen molar-refractivity contribution in [3.8, 4) is 0 Å². The molecule has 1 N–H and O–H groups in total. The third-order valence-electron chi connectivity index (χ3n) is 4.21. The molecule has 1 unspecified atom stereocenters. The maximum atomic E-state index is 14.4.